The van der Waals surface area contributed by atoms with Crippen molar-refractivity contribution in [3.8, 4) is 0 Å². The third-order valence-electron chi connectivity index (χ3n) is 3.34. The lowest BCUT2D eigenvalue weighted by molar-refractivity contribution is -0.00249. The summed E-state index contributed by atoms with van der Waals surface area (Å²) in [6, 6.07) is -0.242. The molecule has 9 heteroatoms. The molecule has 2 rings (SSSR count). The Morgan fingerprint density at radius 1 is 1.52 bits per heavy atom. The number of urea groups is 1. The lowest BCUT2D eigenvalue weighted by atomic mass is 9.95. The van der Waals surface area contributed by atoms with Gasteiger partial charge in [-0.15, -0.1) is 5.10 Å². The van der Waals surface area contributed by atoms with Crippen molar-refractivity contribution < 1.29 is 19.8 Å². The number of piperidine rings is 1. The molecule has 116 valence electrons. The molecule has 1 aliphatic rings. The molecule has 1 aromatic rings. The van der Waals surface area contributed by atoms with E-state index in [9.17, 15) is 14.7 Å². The van der Waals surface area contributed by atoms with Crippen molar-refractivity contribution in [2.45, 2.75) is 31.9 Å². The standard InChI is InChI=1S/C12H19N5O4/c1-12(21)3-2-5-16(8-12)11(20)13-4-6-17-7-9(10(18)19)14-15-17/h7,21H,2-6,8H2,1H3,(H,13,20)(H,18,19). The van der Waals surface area contributed by atoms with E-state index in [2.05, 4.69) is 15.6 Å². The van der Waals surface area contributed by atoms with Crippen molar-refractivity contribution in [1.29, 1.82) is 0 Å². The molecule has 1 saturated heterocycles. The average molecular weight is 297 g/mol. The number of carbonyl (C=O) groups excluding carboxylic acids is 1. The largest absolute Gasteiger partial charge is 0.476 e. The van der Waals surface area contributed by atoms with Crippen LogP contribution in [0.3, 0.4) is 0 Å². The van der Waals surface area contributed by atoms with Crippen LogP contribution >= 0.6 is 0 Å². The van der Waals surface area contributed by atoms with Crippen LogP contribution in [0.15, 0.2) is 6.20 Å². The maximum atomic E-state index is 12.0. The summed E-state index contributed by atoms with van der Waals surface area (Å²) >= 11 is 0. The number of carboxylic acid groups (broad SMARTS) is 1. The van der Waals surface area contributed by atoms with Crippen LogP contribution in [0.1, 0.15) is 30.3 Å². The van der Waals surface area contributed by atoms with Crippen molar-refractivity contribution in [3.63, 3.8) is 0 Å². The van der Waals surface area contributed by atoms with Gasteiger partial charge in [0, 0.05) is 13.1 Å². The quantitative estimate of drug-likeness (QED) is 0.691. The molecule has 0 radical (unpaired) electrons. The second-order valence-corrected chi connectivity index (χ2v) is 5.43. The van der Waals surface area contributed by atoms with Gasteiger partial charge in [0.2, 0.25) is 0 Å². The minimum atomic E-state index is -1.14. The van der Waals surface area contributed by atoms with Gasteiger partial charge in [-0.3, -0.25) is 0 Å². The van der Waals surface area contributed by atoms with Gasteiger partial charge in [-0.1, -0.05) is 5.21 Å². The van der Waals surface area contributed by atoms with Crippen LogP contribution in [0.25, 0.3) is 0 Å². The number of amides is 2. The molecule has 21 heavy (non-hydrogen) atoms. The van der Waals surface area contributed by atoms with E-state index in [1.165, 1.54) is 10.9 Å². The molecule has 1 fully saturated rings. The number of aromatic carboxylic acids is 1. The molecule has 0 saturated carbocycles. The Morgan fingerprint density at radius 2 is 2.29 bits per heavy atom. The number of hydrogen-bond donors (Lipinski definition) is 3. The van der Waals surface area contributed by atoms with Crippen LogP contribution in [-0.2, 0) is 6.54 Å². The molecule has 0 aliphatic carbocycles. The fourth-order valence-electron chi connectivity index (χ4n) is 2.29. The van der Waals surface area contributed by atoms with Crippen LogP contribution in [0.2, 0.25) is 0 Å². The van der Waals surface area contributed by atoms with Gasteiger partial charge in [0.15, 0.2) is 5.69 Å². The van der Waals surface area contributed by atoms with Gasteiger partial charge in [-0.05, 0) is 19.8 Å². The van der Waals surface area contributed by atoms with Crippen molar-refractivity contribution in [2.75, 3.05) is 19.6 Å². The zero-order chi connectivity index (χ0) is 15.5. The highest BCUT2D eigenvalue weighted by Gasteiger charge is 2.30. The van der Waals surface area contributed by atoms with Crippen molar-refractivity contribution in [3.05, 3.63) is 11.9 Å². The first-order chi connectivity index (χ1) is 9.87. The molecule has 9 nitrogen and oxygen atoms in total. The summed E-state index contributed by atoms with van der Waals surface area (Å²) in [5.41, 5.74) is -0.967. The van der Waals surface area contributed by atoms with Crippen molar-refractivity contribution in [1.82, 2.24) is 25.2 Å². The molecule has 0 aromatic carbocycles. The third kappa shape index (κ3) is 4.15. The van der Waals surface area contributed by atoms with Crippen LogP contribution in [0.4, 0.5) is 4.79 Å². The summed E-state index contributed by atoms with van der Waals surface area (Å²) in [7, 11) is 0. The molecule has 3 N–H and O–H groups in total. The highest BCUT2D eigenvalue weighted by molar-refractivity contribution is 5.84. The van der Waals surface area contributed by atoms with E-state index in [0.717, 1.165) is 6.42 Å². The number of aliphatic hydroxyl groups is 1. The van der Waals surface area contributed by atoms with Crippen molar-refractivity contribution in [2.24, 2.45) is 0 Å². The number of nitrogens with one attached hydrogen (secondary N) is 1. The molecule has 1 unspecified atom stereocenters. The van der Waals surface area contributed by atoms with E-state index in [-0.39, 0.29) is 11.7 Å². The molecule has 2 amide bonds. The number of rotatable bonds is 4. The first-order valence-corrected chi connectivity index (χ1v) is 6.76. The normalized spacial score (nSPS) is 22.1. The Morgan fingerprint density at radius 3 is 2.90 bits per heavy atom. The number of likely N-dealkylation sites (tertiary alicyclic amines) is 1. The van der Waals surface area contributed by atoms with Crippen molar-refractivity contribution >= 4 is 12.0 Å². The van der Waals surface area contributed by atoms with E-state index in [1.807, 2.05) is 0 Å². The van der Waals surface area contributed by atoms with E-state index in [0.29, 0.717) is 32.6 Å². The van der Waals surface area contributed by atoms with Gasteiger partial charge < -0.3 is 20.4 Å². The summed E-state index contributed by atoms with van der Waals surface area (Å²) in [6.45, 7) is 3.28. The topological polar surface area (TPSA) is 121 Å². The minimum Gasteiger partial charge on any atom is -0.476 e. The minimum absolute atomic E-state index is 0.131. The summed E-state index contributed by atoms with van der Waals surface area (Å²) in [6.07, 6.45) is 2.76. The monoisotopic (exact) mass is 297 g/mol. The van der Waals surface area contributed by atoms with Crippen LogP contribution < -0.4 is 5.32 Å². The van der Waals surface area contributed by atoms with E-state index >= 15 is 0 Å². The molecule has 1 aliphatic heterocycles. The summed E-state index contributed by atoms with van der Waals surface area (Å²) < 4.78 is 1.36. The number of nitrogens with zero attached hydrogens (tertiary/aromatic N) is 4. The first-order valence-electron chi connectivity index (χ1n) is 6.76. The molecule has 1 atom stereocenters. The third-order valence-corrected chi connectivity index (χ3v) is 3.34. The second-order valence-electron chi connectivity index (χ2n) is 5.43. The van der Waals surface area contributed by atoms with Gasteiger partial charge in [0.25, 0.3) is 0 Å². The lowest BCUT2D eigenvalue weighted by Gasteiger charge is -2.36. The number of aromatic nitrogens is 3. The summed E-state index contributed by atoms with van der Waals surface area (Å²) in [5, 5.41) is 28.5. The summed E-state index contributed by atoms with van der Waals surface area (Å²) in [4.78, 5) is 24.2. The molecule has 0 spiro atoms. The SMILES string of the molecule is CC1(O)CCCN(C(=O)NCCn2cc(C(=O)O)nn2)C1. The van der Waals surface area contributed by atoms with Gasteiger partial charge in [0.1, 0.15) is 0 Å². The predicted octanol–water partition coefficient (Wildman–Crippen LogP) is -0.467. The summed E-state index contributed by atoms with van der Waals surface area (Å²) in [5.74, 6) is -1.14. The maximum Gasteiger partial charge on any atom is 0.358 e. The molecule has 0 bridgehead atoms. The fraction of sp³-hybridized carbons (Fsp3) is 0.667. The number of β-amino-alcohol motifs (C(OH)–C–C–N with tert-alkyl or cyclic N) is 1. The van der Waals surface area contributed by atoms with Gasteiger partial charge in [-0.25, -0.2) is 14.3 Å². The highest BCUT2D eigenvalue weighted by atomic mass is 16.4. The number of hydrogen-bond acceptors (Lipinski definition) is 5. The Hall–Kier alpha value is -2.16. The van der Waals surface area contributed by atoms with Gasteiger partial charge in [0.05, 0.1) is 24.9 Å². The Kier molecular flexibility index (Phi) is 4.41. The first kappa shape index (κ1) is 15.2. The number of carboxylic acids is 1. The van der Waals surface area contributed by atoms with Crippen LogP contribution in [-0.4, -0.2) is 67.3 Å². The lowest BCUT2D eigenvalue weighted by Crippen LogP contribution is -2.52. The van der Waals surface area contributed by atoms with E-state index in [4.69, 9.17) is 5.11 Å². The zero-order valence-electron chi connectivity index (χ0n) is 11.8. The average Bonchev–Trinajstić information content (AvgIpc) is 2.86. The maximum absolute atomic E-state index is 12.0. The molecule has 2 heterocycles. The fourth-order valence-corrected chi connectivity index (χ4v) is 2.29. The van der Waals surface area contributed by atoms with Crippen LogP contribution in [0.5, 0.6) is 0 Å². The second kappa shape index (κ2) is 6.08. The van der Waals surface area contributed by atoms with E-state index in [1.54, 1.807) is 11.8 Å². The number of carbonyl (C=O) groups is 2. The van der Waals surface area contributed by atoms with Gasteiger partial charge >= 0.3 is 12.0 Å². The van der Waals surface area contributed by atoms with Gasteiger partial charge in [-0.2, -0.15) is 0 Å². The predicted molar refractivity (Wildman–Crippen MR) is 71.8 cm³/mol. The smallest absolute Gasteiger partial charge is 0.358 e. The van der Waals surface area contributed by atoms with E-state index < -0.39 is 11.6 Å². The molecular formula is C12H19N5O4. The molecule has 1 aromatic heterocycles. The Labute approximate surface area is 121 Å². The highest BCUT2D eigenvalue weighted by Crippen LogP contribution is 2.19. The van der Waals surface area contributed by atoms with Crippen LogP contribution in [0, 0.1) is 0 Å². The Balaban J connectivity index is 1.77. The molecular weight excluding hydrogens is 278 g/mol. The zero-order valence-corrected chi connectivity index (χ0v) is 11.8. The Bertz CT molecular complexity index is 527.